The standard InChI is InChI=1S/C10H17N3O2S/c1-4-10(2,3)13-16(14,15)9-8(11)6-5-7-12-9/h5-7,13H,4,11H2,1-3H3. The fraction of sp³-hybridized carbons (Fsp3) is 0.500. The first-order valence-electron chi connectivity index (χ1n) is 5.03. The molecule has 1 aromatic heterocycles. The largest absolute Gasteiger partial charge is 0.396 e. The molecule has 0 aliphatic heterocycles. The van der Waals surface area contributed by atoms with Crippen LogP contribution < -0.4 is 10.5 Å². The average Bonchev–Trinajstić information content (AvgIpc) is 2.16. The predicted octanol–water partition coefficient (Wildman–Crippen LogP) is 1.13. The molecule has 90 valence electrons. The fourth-order valence-electron chi connectivity index (χ4n) is 1.11. The van der Waals surface area contributed by atoms with E-state index in [1.54, 1.807) is 6.07 Å². The molecular weight excluding hydrogens is 226 g/mol. The number of nitrogen functional groups attached to an aromatic ring is 1. The Balaban J connectivity index is 3.09. The minimum Gasteiger partial charge on any atom is -0.396 e. The maximum Gasteiger partial charge on any atom is 0.260 e. The van der Waals surface area contributed by atoms with E-state index in [-0.39, 0.29) is 10.7 Å². The van der Waals surface area contributed by atoms with Crippen LogP contribution in [0.15, 0.2) is 23.4 Å². The van der Waals surface area contributed by atoms with Crippen LogP contribution in [0, 0.1) is 0 Å². The van der Waals surface area contributed by atoms with Crippen LogP contribution in [0.1, 0.15) is 27.2 Å². The summed E-state index contributed by atoms with van der Waals surface area (Å²) in [5.41, 5.74) is 5.23. The molecule has 0 fully saturated rings. The first-order chi connectivity index (χ1) is 7.28. The zero-order valence-electron chi connectivity index (χ0n) is 9.69. The van der Waals surface area contributed by atoms with E-state index < -0.39 is 15.6 Å². The average molecular weight is 243 g/mol. The van der Waals surface area contributed by atoms with Crippen LogP contribution in [0.3, 0.4) is 0 Å². The lowest BCUT2D eigenvalue weighted by Gasteiger charge is -2.23. The highest BCUT2D eigenvalue weighted by molar-refractivity contribution is 7.89. The highest BCUT2D eigenvalue weighted by atomic mass is 32.2. The number of sulfonamides is 1. The molecule has 1 aromatic rings. The molecular formula is C10H17N3O2S. The minimum absolute atomic E-state index is 0.114. The summed E-state index contributed by atoms with van der Waals surface area (Å²) in [4.78, 5) is 3.79. The Kier molecular flexibility index (Phi) is 3.54. The van der Waals surface area contributed by atoms with Gasteiger partial charge in [-0.05, 0) is 32.4 Å². The van der Waals surface area contributed by atoms with Crippen molar-refractivity contribution in [1.29, 1.82) is 0 Å². The van der Waals surface area contributed by atoms with E-state index in [4.69, 9.17) is 5.73 Å². The number of nitrogens with one attached hydrogen (secondary N) is 1. The molecule has 0 atom stereocenters. The normalized spacial score (nSPS) is 12.7. The van der Waals surface area contributed by atoms with E-state index in [9.17, 15) is 8.42 Å². The number of hydrogen-bond acceptors (Lipinski definition) is 4. The third-order valence-electron chi connectivity index (χ3n) is 2.35. The van der Waals surface area contributed by atoms with Crippen LogP contribution in [0.4, 0.5) is 5.69 Å². The molecule has 0 spiro atoms. The number of pyridine rings is 1. The fourth-order valence-corrected chi connectivity index (χ4v) is 2.66. The van der Waals surface area contributed by atoms with Crippen molar-refractivity contribution >= 4 is 15.7 Å². The summed E-state index contributed by atoms with van der Waals surface area (Å²) in [6.07, 6.45) is 2.09. The van der Waals surface area contributed by atoms with Gasteiger partial charge in [-0.3, -0.25) is 0 Å². The van der Waals surface area contributed by atoms with Gasteiger partial charge in [0.1, 0.15) is 0 Å². The zero-order chi connectivity index (χ0) is 12.4. The Hall–Kier alpha value is -1.14. The van der Waals surface area contributed by atoms with Crippen molar-refractivity contribution in [3.8, 4) is 0 Å². The summed E-state index contributed by atoms with van der Waals surface area (Å²) < 4.78 is 26.5. The van der Waals surface area contributed by atoms with E-state index in [1.807, 2.05) is 20.8 Å². The van der Waals surface area contributed by atoms with Crippen LogP contribution in [0.5, 0.6) is 0 Å². The second kappa shape index (κ2) is 4.39. The molecule has 0 aliphatic rings. The smallest absolute Gasteiger partial charge is 0.260 e. The molecule has 0 radical (unpaired) electrons. The molecule has 5 nitrogen and oxygen atoms in total. The Labute approximate surface area is 96.1 Å². The van der Waals surface area contributed by atoms with E-state index >= 15 is 0 Å². The molecule has 0 aliphatic carbocycles. The Morgan fingerprint density at radius 1 is 1.50 bits per heavy atom. The molecule has 0 bridgehead atoms. The number of nitrogens with zero attached hydrogens (tertiary/aromatic N) is 1. The van der Waals surface area contributed by atoms with Gasteiger partial charge < -0.3 is 5.73 Å². The van der Waals surface area contributed by atoms with E-state index in [0.717, 1.165) is 0 Å². The van der Waals surface area contributed by atoms with Crippen LogP contribution in [0.25, 0.3) is 0 Å². The highest BCUT2D eigenvalue weighted by Gasteiger charge is 2.26. The summed E-state index contributed by atoms with van der Waals surface area (Å²) in [5.74, 6) is 0. The monoisotopic (exact) mass is 243 g/mol. The van der Waals surface area contributed by atoms with Gasteiger partial charge >= 0.3 is 0 Å². The van der Waals surface area contributed by atoms with Gasteiger partial charge in [-0.2, -0.15) is 0 Å². The molecule has 3 N–H and O–H groups in total. The minimum atomic E-state index is -3.65. The van der Waals surface area contributed by atoms with Gasteiger partial charge in [0.15, 0.2) is 5.03 Å². The lowest BCUT2D eigenvalue weighted by Crippen LogP contribution is -2.43. The third-order valence-corrected chi connectivity index (χ3v) is 4.02. The van der Waals surface area contributed by atoms with Crippen molar-refractivity contribution in [2.45, 2.75) is 37.8 Å². The molecule has 0 saturated carbocycles. The van der Waals surface area contributed by atoms with Crippen molar-refractivity contribution in [1.82, 2.24) is 9.71 Å². The third kappa shape index (κ3) is 2.93. The van der Waals surface area contributed by atoms with Crippen molar-refractivity contribution < 1.29 is 8.42 Å². The molecule has 0 aromatic carbocycles. The van der Waals surface area contributed by atoms with Gasteiger partial charge in [0.2, 0.25) is 0 Å². The van der Waals surface area contributed by atoms with Crippen molar-refractivity contribution in [2.75, 3.05) is 5.73 Å². The molecule has 0 unspecified atom stereocenters. The maximum absolute atomic E-state index is 12.0. The van der Waals surface area contributed by atoms with Gasteiger partial charge in [0.05, 0.1) is 5.69 Å². The Morgan fingerprint density at radius 3 is 2.62 bits per heavy atom. The van der Waals surface area contributed by atoms with Crippen molar-refractivity contribution in [2.24, 2.45) is 0 Å². The number of rotatable bonds is 4. The molecule has 0 saturated heterocycles. The van der Waals surface area contributed by atoms with E-state index in [2.05, 4.69) is 9.71 Å². The molecule has 16 heavy (non-hydrogen) atoms. The zero-order valence-corrected chi connectivity index (χ0v) is 10.5. The van der Waals surface area contributed by atoms with Crippen LogP contribution >= 0.6 is 0 Å². The lowest BCUT2D eigenvalue weighted by molar-refractivity contribution is 0.438. The summed E-state index contributed by atoms with van der Waals surface area (Å²) in [5, 5.41) is -0.114. The summed E-state index contributed by atoms with van der Waals surface area (Å²) in [6.45, 7) is 5.53. The first-order valence-corrected chi connectivity index (χ1v) is 6.51. The predicted molar refractivity (Wildman–Crippen MR) is 63.3 cm³/mol. The van der Waals surface area contributed by atoms with Gasteiger partial charge in [-0.15, -0.1) is 0 Å². The van der Waals surface area contributed by atoms with E-state index in [0.29, 0.717) is 6.42 Å². The molecule has 1 heterocycles. The molecule has 1 rings (SSSR count). The molecule has 6 heteroatoms. The van der Waals surface area contributed by atoms with E-state index in [1.165, 1.54) is 12.3 Å². The van der Waals surface area contributed by atoms with Crippen molar-refractivity contribution in [3.63, 3.8) is 0 Å². The Bertz CT molecular complexity index is 469. The van der Waals surface area contributed by atoms with Crippen LogP contribution in [0.2, 0.25) is 0 Å². The van der Waals surface area contributed by atoms with Crippen LogP contribution in [-0.4, -0.2) is 18.9 Å². The lowest BCUT2D eigenvalue weighted by atomic mass is 10.0. The summed E-state index contributed by atoms with van der Waals surface area (Å²) >= 11 is 0. The van der Waals surface area contributed by atoms with Gasteiger partial charge in [-0.25, -0.2) is 18.1 Å². The van der Waals surface area contributed by atoms with Gasteiger partial charge in [0.25, 0.3) is 10.0 Å². The topological polar surface area (TPSA) is 85.1 Å². The van der Waals surface area contributed by atoms with Crippen LogP contribution in [-0.2, 0) is 10.0 Å². The van der Waals surface area contributed by atoms with Crippen molar-refractivity contribution in [3.05, 3.63) is 18.3 Å². The van der Waals surface area contributed by atoms with Gasteiger partial charge in [-0.1, -0.05) is 6.92 Å². The SMILES string of the molecule is CCC(C)(C)NS(=O)(=O)c1ncccc1N. The second-order valence-corrected chi connectivity index (χ2v) is 5.84. The summed E-state index contributed by atoms with van der Waals surface area (Å²) in [7, 11) is -3.65. The first kappa shape index (κ1) is 12.9. The number of nitrogens with two attached hydrogens (primary N) is 1. The number of aromatic nitrogens is 1. The Morgan fingerprint density at radius 2 is 2.12 bits per heavy atom. The maximum atomic E-state index is 12.0. The molecule has 0 amide bonds. The number of hydrogen-bond donors (Lipinski definition) is 2. The highest BCUT2D eigenvalue weighted by Crippen LogP contribution is 2.17. The quantitative estimate of drug-likeness (QED) is 0.830. The van der Waals surface area contributed by atoms with Gasteiger partial charge in [0, 0.05) is 11.7 Å². The summed E-state index contributed by atoms with van der Waals surface area (Å²) in [6, 6.07) is 3.11. The second-order valence-electron chi connectivity index (χ2n) is 4.24. The number of anilines is 1.